The Hall–Kier alpha value is -0.470. The molecule has 0 spiro atoms. The third kappa shape index (κ3) is 5.03. The molecule has 0 bridgehead atoms. The zero-order chi connectivity index (χ0) is 16.0. The van der Waals surface area contributed by atoms with Crippen LogP contribution in [0, 0.1) is 6.92 Å². The molecule has 1 N–H and O–H groups in total. The molecule has 0 unspecified atom stereocenters. The summed E-state index contributed by atoms with van der Waals surface area (Å²) in [6.45, 7) is 6.74. The van der Waals surface area contributed by atoms with E-state index in [2.05, 4.69) is 10.2 Å². The molecule has 1 aromatic rings. The SMILES string of the molecule is CCNCc1scc(C)c1S(=O)(=O)N(C)CCCN(C)C. The molecule has 0 aliphatic rings. The molecule has 0 aromatic carbocycles. The second-order valence-electron chi connectivity index (χ2n) is 5.43. The fraction of sp³-hybridized carbons (Fsp3) is 0.714. The Morgan fingerprint density at radius 2 is 1.90 bits per heavy atom. The predicted octanol–water partition coefficient (Wildman–Crippen LogP) is 1.74. The zero-order valence-corrected chi connectivity index (χ0v) is 15.3. The smallest absolute Gasteiger partial charge is 0.244 e. The lowest BCUT2D eigenvalue weighted by Crippen LogP contribution is -2.31. The summed E-state index contributed by atoms with van der Waals surface area (Å²) >= 11 is 1.51. The Labute approximate surface area is 133 Å². The lowest BCUT2D eigenvalue weighted by atomic mass is 10.3. The summed E-state index contributed by atoms with van der Waals surface area (Å²) in [5.74, 6) is 0. The second kappa shape index (κ2) is 8.24. The first kappa shape index (κ1) is 18.6. The standard InChI is InChI=1S/C14H27N3O2S2/c1-6-15-10-13-14(12(2)11-20-13)21(18,19)17(5)9-7-8-16(3)4/h11,15H,6-10H2,1-5H3. The second-order valence-corrected chi connectivity index (χ2v) is 8.38. The van der Waals surface area contributed by atoms with E-state index in [1.165, 1.54) is 15.6 Å². The van der Waals surface area contributed by atoms with E-state index in [9.17, 15) is 8.42 Å². The van der Waals surface area contributed by atoms with E-state index in [0.717, 1.165) is 30.0 Å². The van der Waals surface area contributed by atoms with Gasteiger partial charge in [-0.15, -0.1) is 11.3 Å². The minimum atomic E-state index is -3.40. The number of hydrogen-bond donors (Lipinski definition) is 1. The summed E-state index contributed by atoms with van der Waals surface area (Å²) < 4.78 is 27.0. The third-order valence-electron chi connectivity index (χ3n) is 3.27. The van der Waals surface area contributed by atoms with Crippen molar-refractivity contribution in [3.63, 3.8) is 0 Å². The summed E-state index contributed by atoms with van der Waals surface area (Å²) in [5.41, 5.74) is 0.840. The fourth-order valence-corrected chi connectivity index (χ4v) is 5.01. The van der Waals surface area contributed by atoms with Gasteiger partial charge in [0.1, 0.15) is 4.90 Å². The highest BCUT2D eigenvalue weighted by molar-refractivity contribution is 7.89. The maximum absolute atomic E-state index is 12.8. The van der Waals surface area contributed by atoms with Crippen LogP contribution in [-0.4, -0.2) is 58.4 Å². The number of thiophene rings is 1. The quantitative estimate of drug-likeness (QED) is 0.748. The van der Waals surface area contributed by atoms with E-state index in [1.54, 1.807) is 7.05 Å². The average Bonchev–Trinajstić information content (AvgIpc) is 2.77. The van der Waals surface area contributed by atoms with Crippen LogP contribution in [0.25, 0.3) is 0 Å². The van der Waals surface area contributed by atoms with Crippen LogP contribution in [-0.2, 0) is 16.6 Å². The molecule has 0 saturated carbocycles. The molecule has 7 heteroatoms. The molecule has 122 valence electrons. The third-order valence-corrected chi connectivity index (χ3v) is 6.59. The molecular formula is C14H27N3O2S2. The molecule has 0 atom stereocenters. The van der Waals surface area contributed by atoms with E-state index in [1.807, 2.05) is 33.3 Å². The van der Waals surface area contributed by atoms with Gasteiger partial charge in [0, 0.05) is 25.0 Å². The number of aryl methyl sites for hydroxylation is 1. The van der Waals surface area contributed by atoms with Crippen molar-refractivity contribution in [3.05, 3.63) is 15.8 Å². The van der Waals surface area contributed by atoms with Gasteiger partial charge in [0.15, 0.2) is 0 Å². The minimum Gasteiger partial charge on any atom is -0.312 e. The highest BCUT2D eigenvalue weighted by Crippen LogP contribution is 2.29. The van der Waals surface area contributed by atoms with Gasteiger partial charge in [-0.3, -0.25) is 0 Å². The Bertz CT molecular complexity index is 538. The van der Waals surface area contributed by atoms with Gasteiger partial charge in [0.2, 0.25) is 10.0 Å². The van der Waals surface area contributed by atoms with Crippen LogP contribution in [0.15, 0.2) is 10.3 Å². The van der Waals surface area contributed by atoms with E-state index in [0.29, 0.717) is 18.0 Å². The molecule has 1 heterocycles. The summed E-state index contributed by atoms with van der Waals surface area (Å²) in [6, 6.07) is 0. The number of hydrogen-bond acceptors (Lipinski definition) is 5. The molecule has 0 aliphatic carbocycles. The Balaban J connectivity index is 2.88. The molecule has 0 amide bonds. The first-order valence-electron chi connectivity index (χ1n) is 7.19. The van der Waals surface area contributed by atoms with Crippen molar-refractivity contribution in [3.8, 4) is 0 Å². The first-order valence-corrected chi connectivity index (χ1v) is 9.51. The van der Waals surface area contributed by atoms with Crippen LogP contribution in [0.5, 0.6) is 0 Å². The van der Waals surface area contributed by atoms with Crippen molar-refractivity contribution in [2.75, 3.05) is 40.8 Å². The summed E-state index contributed by atoms with van der Waals surface area (Å²) in [6.07, 6.45) is 0.828. The van der Waals surface area contributed by atoms with Crippen molar-refractivity contribution in [2.24, 2.45) is 0 Å². The van der Waals surface area contributed by atoms with Crippen molar-refractivity contribution >= 4 is 21.4 Å². The largest absolute Gasteiger partial charge is 0.312 e. The molecule has 1 aromatic heterocycles. The molecule has 0 saturated heterocycles. The molecule has 21 heavy (non-hydrogen) atoms. The van der Waals surface area contributed by atoms with Crippen LogP contribution >= 0.6 is 11.3 Å². The van der Waals surface area contributed by atoms with Gasteiger partial charge < -0.3 is 10.2 Å². The monoisotopic (exact) mass is 333 g/mol. The summed E-state index contributed by atoms with van der Waals surface area (Å²) in [5, 5.41) is 5.13. The van der Waals surface area contributed by atoms with Crippen molar-refractivity contribution in [2.45, 2.75) is 31.7 Å². The van der Waals surface area contributed by atoms with Gasteiger partial charge in [-0.1, -0.05) is 6.92 Å². The fourth-order valence-electron chi connectivity index (χ4n) is 2.08. The van der Waals surface area contributed by atoms with Crippen LogP contribution in [0.3, 0.4) is 0 Å². The van der Waals surface area contributed by atoms with E-state index in [4.69, 9.17) is 0 Å². The van der Waals surface area contributed by atoms with Gasteiger partial charge in [0.05, 0.1) is 0 Å². The minimum absolute atomic E-state index is 0.487. The number of rotatable bonds is 9. The topological polar surface area (TPSA) is 52.7 Å². The molecule has 0 aliphatic heterocycles. The molecule has 5 nitrogen and oxygen atoms in total. The first-order chi connectivity index (χ1) is 9.80. The van der Waals surface area contributed by atoms with Crippen molar-refractivity contribution in [1.82, 2.24) is 14.5 Å². The lowest BCUT2D eigenvalue weighted by Gasteiger charge is -2.19. The van der Waals surface area contributed by atoms with Gasteiger partial charge >= 0.3 is 0 Å². The molecular weight excluding hydrogens is 306 g/mol. The van der Waals surface area contributed by atoms with E-state index < -0.39 is 10.0 Å². The number of sulfonamides is 1. The average molecular weight is 334 g/mol. The van der Waals surface area contributed by atoms with Crippen molar-refractivity contribution < 1.29 is 8.42 Å². The maximum Gasteiger partial charge on any atom is 0.244 e. The highest BCUT2D eigenvalue weighted by atomic mass is 32.2. The van der Waals surface area contributed by atoms with Gasteiger partial charge in [-0.25, -0.2) is 12.7 Å². The van der Waals surface area contributed by atoms with Crippen LogP contribution < -0.4 is 5.32 Å². The van der Waals surface area contributed by atoms with Gasteiger partial charge in [-0.05, 0) is 51.5 Å². The summed E-state index contributed by atoms with van der Waals surface area (Å²) in [7, 11) is 2.25. The van der Waals surface area contributed by atoms with E-state index in [-0.39, 0.29) is 0 Å². The van der Waals surface area contributed by atoms with Crippen molar-refractivity contribution in [1.29, 1.82) is 0 Å². The van der Waals surface area contributed by atoms with Crippen LogP contribution in [0.2, 0.25) is 0 Å². The maximum atomic E-state index is 12.8. The zero-order valence-electron chi connectivity index (χ0n) is 13.6. The highest BCUT2D eigenvalue weighted by Gasteiger charge is 2.26. The normalized spacial score (nSPS) is 12.5. The Morgan fingerprint density at radius 1 is 1.24 bits per heavy atom. The van der Waals surface area contributed by atoms with Gasteiger partial charge in [0.25, 0.3) is 0 Å². The molecule has 0 fully saturated rings. The Kier molecular flexibility index (Phi) is 7.29. The van der Waals surface area contributed by atoms with Gasteiger partial charge in [-0.2, -0.15) is 0 Å². The summed E-state index contributed by atoms with van der Waals surface area (Å²) in [4.78, 5) is 3.45. The van der Waals surface area contributed by atoms with Crippen LogP contribution in [0.4, 0.5) is 0 Å². The molecule has 0 radical (unpaired) electrons. The Morgan fingerprint density at radius 3 is 2.48 bits per heavy atom. The number of nitrogens with one attached hydrogen (secondary N) is 1. The van der Waals surface area contributed by atoms with E-state index >= 15 is 0 Å². The predicted molar refractivity (Wildman–Crippen MR) is 89.4 cm³/mol. The number of nitrogens with zero attached hydrogens (tertiary/aromatic N) is 2. The molecule has 1 rings (SSSR count). The van der Waals surface area contributed by atoms with Crippen LogP contribution in [0.1, 0.15) is 23.8 Å². The lowest BCUT2D eigenvalue weighted by molar-refractivity contribution is 0.370.